The summed E-state index contributed by atoms with van der Waals surface area (Å²) in [5, 5.41) is 1.01. The molecule has 0 aliphatic heterocycles. The molecule has 0 atom stereocenters. The quantitative estimate of drug-likeness (QED) is 0.810. The number of nitrogens with one attached hydrogen (secondary N) is 1. The number of nitrogens with two attached hydrogens (primary N) is 1. The summed E-state index contributed by atoms with van der Waals surface area (Å²) >= 11 is 0. The molecule has 0 spiro atoms. The van der Waals surface area contributed by atoms with E-state index < -0.39 is 0 Å². The van der Waals surface area contributed by atoms with Crippen molar-refractivity contribution in [3.8, 4) is 5.75 Å². The van der Waals surface area contributed by atoms with Gasteiger partial charge in [0.15, 0.2) is 0 Å². The predicted octanol–water partition coefficient (Wildman–Crippen LogP) is 1.86. The molecule has 0 saturated heterocycles. The van der Waals surface area contributed by atoms with Crippen LogP contribution in [-0.4, -0.2) is 25.2 Å². The van der Waals surface area contributed by atoms with E-state index in [4.69, 9.17) is 10.5 Å². The first kappa shape index (κ1) is 12.3. The Kier molecular flexibility index (Phi) is 3.41. The first-order valence-corrected chi connectivity index (χ1v) is 5.66. The molecule has 0 saturated carbocycles. The van der Waals surface area contributed by atoms with Gasteiger partial charge in [-0.05, 0) is 18.6 Å². The van der Waals surface area contributed by atoms with Gasteiger partial charge in [-0.15, -0.1) is 0 Å². The molecule has 0 aliphatic rings. The van der Waals surface area contributed by atoms with Crippen molar-refractivity contribution in [2.75, 3.05) is 20.0 Å². The van der Waals surface area contributed by atoms with Gasteiger partial charge in [0.25, 0.3) is 0 Å². The SMILES string of the molecule is COC(=O)CCc1c(N)[nH]c2cc(OC)ccc12. The summed E-state index contributed by atoms with van der Waals surface area (Å²) in [6, 6.07) is 5.69. The van der Waals surface area contributed by atoms with Crippen molar-refractivity contribution in [2.24, 2.45) is 0 Å². The molecule has 0 unspecified atom stereocenters. The number of benzene rings is 1. The lowest BCUT2D eigenvalue weighted by Gasteiger charge is -2.01. The lowest BCUT2D eigenvalue weighted by atomic mass is 10.1. The van der Waals surface area contributed by atoms with Gasteiger partial charge in [-0.2, -0.15) is 0 Å². The molecule has 0 amide bonds. The predicted molar refractivity (Wildman–Crippen MR) is 69.6 cm³/mol. The van der Waals surface area contributed by atoms with E-state index in [-0.39, 0.29) is 5.97 Å². The Morgan fingerprint density at radius 2 is 2.17 bits per heavy atom. The van der Waals surface area contributed by atoms with Crippen LogP contribution in [0.2, 0.25) is 0 Å². The summed E-state index contributed by atoms with van der Waals surface area (Å²) in [6.07, 6.45) is 0.879. The van der Waals surface area contributed by atoms with E-state index in [0.717, 1.165) is 22.2 Å². The Bertz CT molecular complexity index is 575. The second kappa shape index (κ2) is 5.00. The van der Waals surface area contributed by atoms with Crippen LogP contribution in [0.5, 0.6) is 5.75 Å². The molecule has 2 aromatic rings. The number of ether oxygens (including phenoxy) is 2. The minimum absolute atomic E-state index is 0.239. The Morgan fingerprint density at radius 1 is 1.39 bits per heavy atom. The van der Waals surface area contributed by atoms with E-state index in [1.54, 1.807) is 7.11 Å². The highest BCUT2D eigenvalue weighted by atomic mass is 16.5. The lowest BCUT2D eigenvalue weighted by Crippen LogP contribution is -2.02. The number of esters is 1. The fourth-order valence-corrected chi connectivity index (χ4v) is 1.98. The van der Waals surface area contributed by atoms with E-state index in [1.165, 1.54) is 7.11 Å². The fraction of sp³-hybridized carbons (Fsp3) is 0.308. The summed E-state index contributed by atoms with van der Waals surface area (Å²) in [5.74, 6) is 1.11. The van der Waals surface area contributed by atoms with Gasteiger partial charge >= 0.3 is 5.97 Å². The number of hydrogen-bond donors (Lipinski definition) is 2. The minimum atomic E-state index is -0.239. The fourth-order valence-electron chi connectivity index (χ4n) is 1.98. The number of aromatic nitrogens is 1. The van der Waals surface area contributed by atoms with Crippen LogP contribution in [0.3, 0.4) is 0 Å². The molecule has 96 valence electrons. The average molecular weight is 248 g/mol. The average Bonchev–Trinajstić information content (AvgIpc) is 2.70. The van der Waals surface area contributed by atoms with Crippen molar-refractivity contribution in [2.45, 2.75) is 12.8 Å². The maximum Gasteiger partial charge on any atom is 0.305 e. The largest absolute Gasteiger partial charge is 0.497 e. The summed E-state index contributed by atoms with van der Waals surface area (Å²) in [6.45, 7) is 0. The maximum absolute atomic E-state index is 11.2. The molecule has 0 aliphatic carbocycles. The third-order valence-corrected chi connectivity index (χ3v) is 2.95. The minimum Gasteiger partial charge on any atom is -0.497 e. The van der Waals surface area contributed by atoms with Crippen molar-refractivity contribution >= 4 is 22.7 Å². The first-order valence-electron chi connectivity index (χ1n) is 5.66. The van der Waals surface area contributed by atoms with E-state index >= 15 is 0 Å². The van der Waals surface area contributed by atoms with Crippen molar-refractivity contribution in [1.82, 2.24) is 4.98 Å². The number of aromatic amines is 1. The summed E-state index contributed by atoms with van der Waals surface area (Å²) in [7, 11) is 3.00. The van der Waals surface area contributed by atoms with Crippen LogP contribution in [0.15, 0.2) is 18.2 Å². The zero-order valence-corrected chi connectivity index (χ0v) is 10.4. The topological polar surface area (TPSA) is 77.3 Å². The number of fused-ring (bicyclic) bond motifs is 1. The van der Waals surface area contributed by atoms with E-state index in [1.807, 2.05) is 18.2 Å². The number of nitrogen functional groups attached to an aromatic ring is 1. The Morgan fingerprint density at radius 3 is 2.83 bits per heavy atom. The van der Waals surface area contributed by atoms with Gasteiger partial charge in [-0.25, -0.2) is 0 Å². The molecule has 0 bridgehead atoms. The lowest BCUT2D eigenvalue weighted by molar-refractivity contribution is -0.140. The standard InChI is InChI=1S/C13H16N2O3/c1-17-8-3-4-9-10(5-6-12(16)18-2)13(14)15-11(9)7-8/h3-4,7,15H,5-6,14H2,1-2H3. The number of H-pyrrole nitrogens is 1. The Labute approximate surface area is 105 Å². The summed E-state index contributed by atoms with van der Waals surface area (Å²) in [5.41, 5.74) is 7.78. The van der Waals surface area contributed by atoms with Gasteiger partial charge in [-0.1, -0.05) is 0 Å². The van der Waals surface area contributed by atoms with Crippen molar-refractivity contribution in [3.05, 3.63) is 23.8 Å². The molecule has 5 heteroatoms. The van der Waals surface area contributed by atoms with Crippen LogP contribution >= 0.6 is 0 Å². The number of rotatable bonds is 4. The van der Waals surface area contributed by atoms with Crippen LogP contribution in [0.4, 0.5) is 5.82 Å². The number of aryl methyl sites for hydroxylation is 1. The Balaban J connectivity index is 2.32. The molecule has 1 aromatic carbocycles. The van der Waals surface area contributed by atoms with Crippen molar-refractivity contribution in [1.29, 1.82) is 0 Å². The van der Waals surface area contributed by atoms with Crippen LogP contribution in [0, 0.1) is 0 Å². The highest BCUT2D eigenvalue weighted by Crippen LogP contribution is 2.28. The number of carbonyl (C=O) groups excluding carboxylic acids is 1. The number of methoxy groups -OCH3 is 2. The van der Waals surface area contributed by atoms with E-state index in [9.17, 15) is 4.79 Å². The highest BCUT2D eigenvalue weighted by Gasteiger charge is 2.11. The second-order valence-electron chi connectivity index (χ2n) is 4.00. The molecule has 0 fully saturated rings. The molecule has 3 N–H and O–H groups in total. The third kappa shape index (κ3) is 2.25. The van der Waals surface area contributed by atoms with Gasteiger partial charge in [0, 0.05) is 23.4 Å². The Hall–Kier alpha value is -2.17. The van der Waals surface area contributed by atoms with Gasteiger partial charge in [-0.3, -0.25) is 4.79 Å². The molecule has 1 aromatic heterocycles. The number of hydrogen-bond acceptors (Lipinski definition) is 4. The van der Waals surface area contributed by atoms with Gasteiger partial charge in [0.05, 0.1) is 19.7 Å². The smallest absolute Gasteiger partial charge is 0.305 e. The summed E-state index contributed by atoms with van der Waals surface area (Å²) in [4.78, 5) is 14.3. The highest BCUT2D eigenvalue weighted by molar-refractivity contribution is 5.89. The second-order valence-corrected chi connectivity index (χ2v) is 4.00. The van der Waals surface area contributed by atoms with Crippen LogP contribution in [-0.2, 0) is 16.0 Å². The maximum atomic E-state index is 11.2. The van der Waals surface area contributed by atoms with Gasteiger partial charge < -0.3 is 20.2 Å². The first-order chi connectivity index (χ1) is 8.65. The van der Waals surface area contributed by atoms with E-state index in [2.05, 4.69) is 9.72 Å². The molecular weight excluding hydrogens is 232 g/mol. The zero-order valence-electron chi connectivity index (χ0n) is 10.4. The van der Waals surface area contributed by atoms with Crippen LogP contribution in [0.25, 0.3) is 10.9 Å². The zero-order chi connectivity index (χ0) is 13.1. The van der Waals surface area contributed by atoms with E-state index in [0.29, 0.717) is 18.7 Å². The molecular formula is C13H16N2O3. The normalized spacial score (nSPS) is 10.6. The number of carbonyl (C=O) groups is 1. The molecule has 0 radical (unpaired) electrons. The van der Waals surface area contributed by atoms with Gasteiger partial charge in [0.1, 0.15) is 11.6 Å². The van der Waals surface area contributed by atoms with Gasteiger partial charge in [0.2, 0.25) is 0 Å². The van der Waals surface area contributed by atoms with Crippen molar-refractivity contribution in [3.63, 3.8) is 0 Å². The van der Waals surface area contributed by atoms with Crippen LogP contribution in [0.1, 0.15) is 12.0 Å². The molecule has 5 nitrogen and oxygen atoms in total. The monoisotopic (exact) mass is 248 g/mol. The third-order valence-electron chi connectivity index (χ3n) is 2.95. The van der Waals surface area contributed by atoms with Crippen molar-refractivity contribution < 1.29 is 14.3 Å². The van der Waals surface area contributed by atoms with Crippen LogP contribution < -0.4 is 10.5 Å². The molecule has 2 rings (SSSR count). The molecule has 18 heavy (non-hydrogen) atoms. The number of anilines is 1. The molecule has 1 heterocycles. The summed E-state index contributed by atoms with van der Waals surface area (Å²) < 4.78 is 9.78.